The summed E-state index contributed by atoms with van der Waals surface area (Å²) in [5, 5.41) is 5.15. The summed E-state index contributed by atoms with van der Waals surface area (Å²) in [5.41, 5.74) is 3.13. The Bertz CT molecular complexity index is 1530. The molecule has 198 valence electrons. The van der Waals surface area contributed by atoms with Crippen LogP contribution in [-0.2, 0) is 14.6 Å². The number of aryl methyl sites for hydroxylation is 1. The Hall–Kier alpha value is -3.55. The van der Waals surface area contributed by atoms with Crippen molar-refractivity contribution in [3.05, 3.63) is 101 Å². The molecule has 4 aromatic rings. The van der Waals surface area contributed by atoms with Gasteiger partial charge in [0.25, 0.3) is 0 Å². The molecule has 1 amide bonds. The Morgan fingerprint density at radius 3 is 2.26 bits per heavy atom. The number of nitrogens with one attached hydrogen (secondary N) is 1. The van der Waals surface area contributed by atoms with Crippen molar-refractivity contribution < 1.29 is 17.9 Å². The molecule has 0 aromatic heterocycles. The number of amides is 1. The van der Waals surface area contributed by atoms with Crippen LogP contribution in [0.15, 0.2) is 89.8 Å². The highest BCUT2D eigenvalue weighted by molar-refractivity contribution is 7.91. The van der Waals surface area contributed by atoms with Crippen LogP contribution in [0.5, 0.6) is 0 Å². The van der Waals surface area contributed by atoms with Gasteiger partial charge in [0.05, 0.1) is 10.6 Å². The van der Waals surface area contributed by atoms with E-state index in [1.54, 1.807) is 6.07 Å². The van der Waals surface area contributed by atoms with E-state index in [0.29, 0.717) is 16.3 Å². The van der Waals surface area contributed by atoms with Gasteiger partial charge in [-0.25, -0.2) is 13.2 Å². The minimum atomic E-state index is -3.79. The number of anilines is 2. The Morgan fingerprint density at radius 2 is 1.61 bits per heavy atom. The summed E-state index contributed by atoms with van der Waals surface area (Å²) in [6, 6.07) is 25.0. The molecule has 4 rings (SSSR count). The molecular weight excluding hydrogens is 520 g/mol. The molecule has 0 heterocycles. The van der Waals surface area contributed by atoms with E-state index >= 15 is 0 Å². The first-order valence-corrected chi connectivity index (χ1v) is 14.5. The fourth-order valence-corrected chi connectivity index (χ4v) is 5.91. The molecule has 1 atom stereocenters. The summed E-state index contributed by atoms with van der Waals surface area (Å²) in [4.78, 5) is 15.4. The van der Waals surface area contributed by atoms with Crippen molar-refractivity contribution in [1.82, 2.24) is 0 Å². The topological polar surface area (TPSA) is 75.7 Å². The molecule has 8 heteroatoms. The molecule has 0 aliphatic carbocycles. The van der Waals surface area contributed by atoms with Gasteiger partial charge in [0.2, 0.25) is 0 Å². The highest BCUT2D eigenvalue weighted by atomic mass is 35.5. The van der Waals surface area contributed by atoms with E-state index < -0.39 is 27.8 Å². The summed E-state index contributed by atoms with van der Waals surface area (Å²) in [5.74, 6) is -0.416. The third-order valence-electron chi connectivity index (χ3n) is 6.51. The summed E-state index contributed by atoms with van der Waals surface area (Å²) >= 11 is 5.95. The van der Waals surface area contributed by atoms with E-state index in [1.165, 1.54) is 24.3 Å². The predicted molar refractivity (Wildman–Crippen MR) is 155 cm³/mol. The molecule has 0 fully saturated rings. The molecular formula is C30H31ClN2O4S. The smallest absolute Gasteiger partial charge is 0.412 e. The lowest BCUT2D eigenvalue weighted by Crippen LogP contribution is -2.24. The number of ether oxygens (including phenoxy) is 1. The molecule has 1 unspecified atom stereocenters. The number of benzene rings is 4. The maximum absolute atomic E-state index is 13.3. The maximum atomic E-state index is 13.3. The van der Waals surface area contributed by atoms with Gasteiger partial charge in [-0.2, -0.15) is 0 Å². The Morgan fingerprint density at radius 1 is 0.921 bits per heavy atom. The van der Waals surface area contributed by atoms with Gasteiger partial charge in [-0.3, -0.25) is 5.32 Å². The van der Waals surface area contributed by atoms with Crippen molar-refractivity contribution in [2.24, 2.45) is 0 Å². The number of sulfone groups is 1. The zero-order valence-corrected chi connectivity index (χ0v) is 23.2. The van der Waals surface area contributed by atoms with Gasteiger partial charge in [-0.1, -0.05) is 48.0 Å². The minimum Gasteiger partial charge on any atom is -0.440 e. The summed E-state index contributed by atoms with van der Waals surface area (Å²) in [6.45, 7) is 7.84. The zero-order valence-electron chi connectivity index (χ0n) is 21.6. The molecule has 0 spiro atoms. The lowest BCUT2D eigenvalue weighted by Gasteiger charge is -2.23. The molecule has 0 aliphatic rings. The van der Waals surface area contributed by atoms with Crippen LogP contribution >= 0.6 is 11.6 Å². The number of halogens is 1. The van der Waals surface area contributed by atoms with Gasteiger partial charge >= 0.3 is 6.09 Å². The molecule has 1 N–H and O–H groups in total. The van der Waals surface area contributed by atoms with Gasteiger partial charge in [0.1, 0.15) is 6.10 Å². The van der Waals surface area contributed by atoms with Crippen LogP contribution in [0.4, 0.5) is 16.2 Å². The summed E-state index contributed by atoms with van der Waals surface area (Å²) < 4.78 is 32.3. The SMILES string of the molecule is CCN(CC)c1ccc(NC(=O)OC(CS(=O)(=O)c2ccc(Cl)cc2)c2ccc3ccccc3c2)c(C)c1. The number of carbonyl (C=O) groups excluding carboxylic acids is 1. The first-order valence-electron chi connectivity index (χ1n) is 12.5. The molecule has 38 heavy (non-hydrogen) atoms. The third kappa shape index (κ3) is 6.47. The minimum absolute atomic E-state index is 0.111. The van der Waals surface area contributed by atoms with E-state index in [1.807, 2.05) is 61.5 Å². The number of carbonyl (C=O) groups is 1. The average Bonchev–Trinajstić information content (AvgIpc) is 2.90. The van der Waals surface area contributed by atoms with E-state index in [2.05, 4.69) is 24.1 Å². The van der Waals surface area contributed by atoms with Crippen LogP contribution in [0, 0.1) is 6.92 Å². The largest absolute Gasteiger partial charge is 0.440 e. The number of nitrogens with zero attached hydrogens (tertiary/aromatic N) is 1. The quantitative estimate of drug-likeness (QED) is 0.235. The Balaban J connectivity index is 1.61. The van der Waals surface area contributed by atoms with Crippen molar-refractivity contribution in [3.8, 4) is 0 Å². The molecule has 4 aromatic carbocycles. The van der Waals surface area contributed by atoms with Crippen LogP contribution in [0.1, 0.15) is 31.1 Å². The molecule has 0 bridgehead atoms. The van der Waals surface area contributed by atoms with Crippen LogP contribution in [0.3, 0.4) is 0 Å². The van der Waals surface area contributed by atoms with E-state index in [4.69, 9.17) is 16.3 Å². The summed E-state index contributed by atoms with van der Waals surface area (Å²) in [6.07, 6.45) is -1.76. The highest BCUT2D eigenvalue weighted by Crippen LogP contribution is 2.29. The van der Waals surface area contributed by atoms with Gasteiger partial charge in [0, 0.05) is 29.5 Å². The standard InChI is InChI=1S/C30H31ClN2O4S/c1-4-33(5-2)26-14-17-28(21(3)18-26)32-30(34)37-29(20-38(35,36)27-15-12-25(31)13-16-27)24-11-10-22-8-6-7-9-23(22)19-24/h6-19,29H,4-5,20H2,1-3H3,(H,32,34). The highest BCUT2D eigenvalue weighted by Gasteiger charge is 2.26. The molecule has 0 saturated heterocycles. The van der Waals surface area contributed by atoms with Crippen LogP contribution in [0.25, 0.3) is 10.8 Å². The fourth-order valence-electron chi connectivity index (χ4n) is 4.39. The van der Waals surface area contributed by atoms with E-state index in [9.17, 15) is 13.2 Å². The lowest BCUT2D eigenvalue weighted by atomic mass is 10.0. The zero-order chi connectivity index (χ0) is 27.3. The van der Waals surface area contributed by atoms with Crippen LogP contribution in [0.2, 0.25) is 5.02 Å². The third-order valence-corrected chi connectivity index (χ3v) is 8.50. The monoisotopic (exact) mass is 550 g/mol. The second kappa shape index (κ2) is 11.9. The second-order valence-electron chi connectivity index (χ2n) is 9.03. The first-order chi connectivity index (χ1) is 18.2. The van der Waals surface area contributed by atoms with E-state index in [-0.39, 0.29) is 4.90 Å². The van der Waals surface area contributed by atoms with E-state index in [0.717, 1.165) is 35.1 Å². The van der Waals surface area contributed by atoms with Gasteiger partial charge in [-0.15, -0.1) is 0 Å². The second-order valence-corrected chi connectivity index (χ2v) is 11.5. The van der Waals surface area contributed by atoms with Crippen molar-refractivity contribution in [3.63, 3.8) is 0 Å². The normalized spacial score (nSPS) is 12.2. The van der Waals surface area contributed by atoms with Crippen molar-refractivity contribution in [2.45, 2.75) is 31.8 Å². The number of fused-ring (bicyclic) bond motifs is 1. The molecule has 0 aliphatic heterocycles. The molecule has 6 nitrogen and oxygen atoms in total. The Labute approximate surface area is 229 Å². The number of rotatable bonds is 9. The van der Waals surface area contributed by atoms with Crippen molar-refractivity contribution in [1.29, 1.82) is 0 Å². The van der Waals surface area contributed by atoms with Gasteiger partial charge < -0.3 is 9.64 Å². The summed E-state index contributed by atoms with van der Waals surface area (Å²) in [7, 11) is -3.79. The first kappa shape index (κ1) is 27.5. The predicted octanol–water partition coefficient (Wildman–Crippen LogP) is 7.41. The molecule has 0 saturated carbocycles. The Kier molecular flexibility index (Phi) is 8.59. The van der Waals surface area contributed by atoms with Crippen LogP contribution in [-0.4, -0.2) is 33.4 Å². The fraction of sp³-hybridized carbons (Fsp3) is 0.233. The van der Waals surface area contributed by atoms with Gasteiger partial charge in [0.15, 0.2) is 9.84 Å². The number of hydrogen-bond donors (Lipinski definition) is 1. The van der Waals surface area contributed by atoms with Crippen LogP contribution < -0.4 is 10.2 Å². The maximum Gasteiger partial charge on any atom is 0.412 e. The van der Waals surface area contributed by atoms with Gasteiger partial charge in [-0.05, 0) is 91.2 Å². The van der Waals surface area contributed by atoms with Crippen molar-refractivity contribution >= 4 is 49.7 Å². The number of hydrogen-bond acceptors (Lipinski definition) is 5. The lowest BCUT2D eigenvalue weighted by molar-refractivity contribution is 0.122. The van der Waals surface area contributed by atoms with Crippen molar-refractivity contribution in [2.75, 3.05) is 29.1 Å². The average molecular weight is 551 g/mol. The molecule has 0 radical (unpaired) electrons.